The van der Waals surface area contributed by atoms with E-state index in [0.717, 1.165) is 62.9 Å². The topological polar surface area (TPSA) is 150 Å². The zero-order valence-electron chi connectivity index (χ0n) is 18.6. The first-order chi connectivity index (χ1) is 15.6. The summed E-state index contributed by atoms with van der Waals surface area (Å²) >= 11 is 0. The number of nitrogen functional groups attached to an aromatic ring is 1. The van der Waals surface area contributed by atoms with Crippen LogP contribution in [0, 0.1) is 16.7 Å². The summed E-state index contributed by atoms with van der Waals surface area (Å²) in [6.45, 7) is 7.82. The van der Waals surface area contributed by atoms with Gasteiger partial charge in [-0.25, -0.2) is 0 Å². The summed E-state index contributed by atoms with van der Waals surface area (Å²) in [5.74, 6) is 0.330. The molecule has 0 amide bonds. The standard InChI is InChI=1S/C21H30N6O2.CH2O2/c1-2-3-9-29-20-25-17-15(16(10-22)24-18(17)19(23)26-20)7-5-4-6-8-27-11-21(12-27)13-28-14-21;2-1-3/h24H,2-9,11-14H2,1H3,(H2,23,25,26);1H,(H,2,3). The van der Waals surface area contributed by atoms with Gasteiger partial charge in [0.2, 0.25) is 0 Å². The number of aromatic amines is 1. The van der Waals surface area contributed by atoms with Crippen LogP contribution in [0.15, 0.2) is 0 Å². The number of fused-ring (bicyclic) bond motifs is 1. The van der Waals surface area contributed by atoms with Crippen molar-refractivity contribution in [1.29, 1.82) is 5.26 Å². The van der Waals surface area contributed by atoms with Crippen molar-refractivity contribution in [3.05, 3.63) is 11.3 Å². The fourth-order valence-electron chi connectivity index (χ4n) is 4.28. The van der Waals surface area contributed by atoms with Crippen molar-refractivity contribution in [3.8, 4) is 12.1 Å². The van der Waals surface area contributed by atoms with Crippen molar-refractivity contribution in [3.63, 3.8) is 0 Å². The second kappa shape index (κ2) is 11.1. The Morgan fingerprint density at radius 2 is 2.06 bits per heavy atom. The number of nitrogens with one attached hydrogen (secondary N) is 1. The molecule has 0 bridgehead atoms. The lowest BCUT2D eigenvalue weighted by Crippen LogP contribution is -2.65. The second-order valence-electron chi connectivity index (χ2n) is 8.53. The number of unbranched alkanes of at least 4 members (excludes halogenated alkanes) is 3. The van der Waals surface area contributed by atoms with Crippen LogP contribution in [-0.2, 0) is 16.0 Å². The minimum Gasteiger partial charge on any atom is -0.483 e. The van der Waals surface area contributed by atoms with Crippen LogP contribution < -0.4 is 10.5 Å². The average Bonchev–Trinajstić information content (AvgIpc) is 3.07. The zero-order chi connectivity index (χ0) is 23.0. The number of nitrogens with two attached hydrogens (primary N) is 1. The van der Waals surface area contributed by atoms with Crippen molar-refractivity contribution < 1.29 is 19.4 Å². The van der Waals surface area contributed by atoms with Crippen LogP contribution in [0.5, 0.6) is 6.01 Å². The Balaban J connectivity index is 0.000000913. The number of hydrogen-bond acceptors (Lipinski definition) is 8. The minimum absolute atomic E-state index is 0.250. The molecule has 0 aliphatic carbocycles. The third-order valence-corrected chi connectivity index (χ3v) is 5.93. The van der Waals surface area contributed by atoms with Crippen LogP contribution >= 0.6 is 0 Å². The van der Waals surface area contributed by atoms with Crippen LogP contribution in [0.4, 0.5) is 5.82 Å². The summed E-state index contributed by atoms with van der Waals surface area (Å²) in [5.41, 5.74) is 9.37. The molecular weight excluding hydrogens is 412 g/mol. The van der Waals surface area contributed by atoms with Crippen LogP contribution in [-0.4, -0.2) is 70.9 Å². The number of nitrogens with zero attached hydrogens (tertiary/aromatic N) is 4. The van der Waals surface area contributed by atoms with E-state index in [1.807, 2.05) is 0 Å². The smallest absolute Gasteiger partial charge is 0.319 e. The van der Waals surface area contributed by atoms with Gasteiger partial charge in [0.1, 0.15) is 22.8 Å². The molecule has 0 saturated carbocycles. The van der Waals surface area contributed by atoms with E-state index in [4.69, 9.17) is 25.1 Å². The second-order valence-corrected chi connectivity index (χ2v) is 8.53. The molecule has 0 aromatic carbocycles. The SMILES string of the molecule is CCCCOc1nc(N)c2[nH]c(C#N)c(CCCCCN3CC4(COC4)C3)c2n1.O=CO. The Hall–Kier alpha value is -2.90. The molecule has 0 radical (unpaired) electrons. The number of hydrogen-bond donors (Lipinski definition) is 3. The molecule has 0 atom stereocenters. The molecule has 2 aromatic heterocycles. The fraction of sp³-hybridized carbons (Fsp3) is 0.636. The van der Waals surface area contributed by atoms with Gasteiger partial charge in [-0.1, -0.05) is 19.8 Å². The molecule has 4 N–H and O–H groups in total. The Labute approximate surface area is 187 Å². The summed E-state index contributed by atoms with van der Waals surface area (Å²) in [5, 5.41) is 16.4. The van der Waals surface area contributed by atoms with Gasteiger partial charge in [-0.15, -0.1) is 0 Å². The first-order valence-electron chi connectivity index (χ1n) is 11.1. The molecule has 2 aliphatic heterocycles. The van der Waals surface area contributed by atoms with Crippen molar-refractivity contribution in [2.24, 2.45) is 5.41 Å². The maximum Gasteiger partial charge on any atom is 0.319 e. The molecule has 1 spiro atoms. The molecule has 10 heteroatoms. The number of H-pyrrole nitrogens is 1. The first kappa shape index (κ1) is 23.8. The van der Waals surface area contributed by atoms with Gasteiger partial charge in [0.05, 0.1) is 19.8 Å². The van der Waals surface area contributed by atoms with E-state index in [1.165, 1.54) is 19.5 Å². The predicted octanol–water partition coefficient (Wildman–Crippen LogP) is 2.34. The largest absolute Gasteiger partial charge is 0.483 e. The van der Waals surface area contributed by atoms with E-state index in [-0.39, 0.29) is 6.47 Å². The third-order valence-electron chi connectivity index (χ3n) is 5.93. The lowest BCUT2D eigenvalue weighted by molar-refractivity contribution is -0.188. The highest BCUT2D eigenvalue weighted by Crippen LogP contribution is 2.37. The first-order valence-corrected chi connectivity index (χ1v) is 11.1. The summed E-state index contributed by atoms with van der Waals surface area (Å²) < 4.78 is 11.0. The number of carboxylic acid groups (broad SMARTS) is 1. The molecule has 0 unspecified atom stereocenters. The predicted molar refractivity (Wildman–Crippen MR) is 119 cm³/mol. The van der Waals surface area contributed by atoms with E-state index in [1.54, 1.807) is 0 Å². The molecule has 10 nitrogen and oxygen atoms in total. The number of nitriles is 1. The molecule has 4 rings (SSSR count). The van der Waals surface area contributed by atoms with Crippen LogP contribution in [0.3, 0.4) is 0 Å². The molecule has 2 fully saturated rings. The normalized spacial score (nSPS) is 16.5. The third kappa shape index (κ3) is 5.47. The molecule has 2 saturated heterocycles. The van der Waals surface area contributed by atoms with Gasteiger partial charge in [0.15, 0.2) is 5.82 Å². The summed E-state index contributed by atoms with van der Waals surface area (Å²) in [4.78, 5) is 22.7. The van der Waals surface area contributed by atoms with Gasteiger partial charge in [-0.05, 0) is 32.2 Å². The van der Waals surface area contributed by atoms with Gasteiger partial charge in [0.25, 0.3) is 6.47 Å². The van der Waals surface area contributed by atoms with Gasteiger partial charge in [-0.2, -0.15) is 15.2 Å². The van der Waals surface area contributed by atoms with Crippen LogP contribution in [0.1, 0.15) is 50.3 Å². The number of anilines is 1. The van der Waals surface area contributed by atoms with Crippen LogP contribution in [0.25, 0.3) is 11.0 Å². The Morgan fingerprint density at radius 3 is 2.69 bits per heavy atom. The van der Waals surface area contributed by atoms with E-state index in [0.29, 0.717) is 35.1 Å². The summed E-state index contributed by atoms with van der Waals surface area (Å²) in [6.07, 6.45) is 6.08. The number of likely N-dealkylation sites (tertiary alicyclic amines) is 1. The summed E-state index contributed by atoms with van der Waals surface area (Å²) in [6, 6.07) is 2.54. The zero-order valence-corrected chi connectivity index (χ0v) is 18.6. The lowest BCUT2D eigenvalue weighted by Gasteiger charge is -2.55. The van der Waals surface area contributed by atoms with Gasteiger partial charge in [0, 0.05) is 24.1 Å². The quantitative estimate of drug-likeness (QED) is 0.370. The number of ether oxygens (including phenoxy) is 2. The maximum atomic E-state index is 9.53. The van der Waals surface area contributed by atoms with E-state index >= 15 is 0 Å². The van der Waals surface area contributed by atoms with E-state index in [9.17, 15) is 5.26 Å². The van der Waals surface area contributed by atoms with E-state index in [2.05, 4.69) is 32.8 Å². The highest BCUT2D eigenvalue weighted by Gasteiger charge is 2.48. The molecule has 2 aliphatic rings. The fourth-order valence-corrected chi connectivity index (χ4v) is 4.28. The molecule has 32 heavy (non-hydrogen) atoms. The highest BCUT2D eigenvalue weighted by molar-refractivity contribution is 5.89. The maximum absolute atomic E-state index is 9.53. The Kier molecular flexibility index (Phi) is 8.25. The molecule has 174 valence electrons. The van der Waals surface area contributed by atoms with Crippen molar-refractivity contribution >= 4 is 23.3 Å². The van der Waals surface area contributed by atoms with Crippen molar-refractivity contribution in [2.45, 2.75) is 45.4 Å². The molecule has 2 aromatic rings. The summed E-state index contributed by atoms with van der Waals surface area (Å²) in [7, 11) is 0. The van der Waals surface area contributed by atoms with Crippen molar-refractivity contribution in [2.75, 3.05) is 45.2 Å². The number of carbonyl (C=O) groups is 1. The van der Waals surface area contributed by atoms with Crippen LogP contribution in [0.2, 0.25) is 0 Å². The molecular formula is C22H32N6O4. The number of rotatable bonds is 10. The monoisotopic (exact) mass is 444 g/mol. The Morgan fingerprint density at radius 1 is 1.31 bits per heavy atom. The lowest BCUT2D eigenvalue weighted by atomic mass is 9.78. The molecule has 4 heterocycles. The van der Waals surface area contributed by atoms with E-state index < -0.39 is 0 Å². The van der Waals surface area contributed by atoms with Gasteiger partial charge >= 0.3 is 6.01 Å². The Bertz CT molecular complexity index is 942. The van der Waals surface area contributed by atoms with Gasteiger partial charge < -0.3 is 30.2 Å². The highest BCUT2D eigenvalue weighted by atomic mass is 16.5. The average molecular weight is 445 g/mol. The minimum atomic E-state index is -0.250. The van der Waals surface area contributed by atoms with Crippen molar-refractivity contribution in [1.82, 2.24) is 19.9 Å². The number of aromatic nitrogens is 3. The number of aryl methyl sites for hydroxylation is 1. The van der Waals surface area contributed by atoms with Gasteiger partial charge in [-0.3, -0.25) is 4.79 Å².